The highest BCUT2D eigenvalue weighted by Gasteiger charge is 2.46. The first kappa shape index (κ1) is 12.1. The summed E-state index contributed by atoms with van der Waals surface area (Å²) in [5.41, 5.74) is 1.23. The number of hydrogen-bond donors (Lipinski definition) is 1. The third kappa shape index (κ3) is 2.49. The predicted octanol–water partition coefficient (Wildman–Crippen LogP) is 1.70. The van der Waals surface area contributed by atoms with Crippen LogP contribution in [0.25, 0.3) is 0 Å². The molecule has 1 N–H and O–H groups in total. The van der Waals surface area contributed by atoms with Crippen molar-refractivity contribution in [1.29, 1.82) is 0 Å². The summed E-state index contributed by atoms with van der Waals surface area (Å²) in [4.78, 5) is 25.0. The predicted molar refractivity (Wildman–Crippen MR) is 65.2 cm³/mol. The SMILES string of the molecule is Cc1ccsc1C1CC1C(=O)N(C)CC(=O)O. The zero-order valence-electron chi connectivity index (χ0n) is 9.84. The van der Waals surface area contributed by atoms with Gasteiger partial charge in [0.05, 0.1) is 0 Å². The Morgan fingerprint density at radius 3 is 2.82 bits per heavy atom. The molecule has 4 nitrogen and oxygen atoms in total. The van der Waals surface area contributed by atoms with Gasteiger partial charge < -0.3 is 10.0 Å². The molecule has 0 aliphatic heterocycles. The van der Waals surface area contributed by atoms with Crippen molar-refractivity contribution in [3.8, 4) is 0 Å². The monoisotopic (exact) mass is 253 g/mol. The number of likely N-dealkylation sites (N-methyl/N-ethyl adjacent to an activating group) is 1. The lowest BCUT2D eigenvalue weighted by Crippen LogP contribution is -2.33. The van der Waals surface area contributed by atoms with Crippen LogP contribution in [0.1, 0.15) is 22.8 Å². The van der Waals surface area contributed by atoms with E-state index in [0.29, 0.717) is 5.92 Å². The van der Waals surface area contributed by atoms with Gasteiger partial charge in [-0.05, 0) is 30.4 Å². The molecule has 17 heavy (non-hydrogen) atoms. The second-order valence-electron chi connectivity index (χ2n) is 4.50. The van der Waals surface area contributed by atoms with Crippen LogP contribution >= 0.6 is 11.3 Å². The summed E-state index contributed by atoms with van der Waals surface area (Å²) in [5, 5.41) is 10.7. The van der Waals surface area contributed by atoms with Crippen molar-refractivity contribution in [3.63, 3.8) is 0 Å². The highest BCUT2D eigenvalue weighted by atomic mass is 32.1. The molecule has 0 radical (unpaired) electrons. The van der Waals surface area contributed by atoms with E-state index < -0.39 is 5.97 Å². The molecule has 0 spiro atoms. The Bertz CT molecular complexity index is 454. The van der Waals surface area contributed by atoms with Gasteiger partial charge in [-0.3, -0.25) is 9.59 Å². The molecule has 0 aromatic carbocycles. The first-order valence-electron chi connectivity index (χ1n) is 5.51. The van der Waals surface area contributed by atoms with Crippen molar-refractivity contribution >= 4 is 23.2 Å². The molecule has 2 atom stereocenters. The molecular formula is C12H15NO3S. The fraction of sp³-hybridized carbons (Fsp3) is 0.500. The third-order valence-corrected chi connectivity index (χ3v) is 4.25. The summed E-state index contributed by atoms with van der Waals surface area (Å²) in [6.45, 7) is 1.83. The van der Waals surface area contributed by atoms with Gasteiger partial charge in [-0.15, -0.1) is 11.3 Å². The highest BCUT2D eigenvalue weighted by Crippen LogP contribution is 2.51. The average molecular weight is 253 g/mol. The van der Waals surface area contributed by atoms with E-state index in [2.05, 4.69) is 6.07 Å². The van der Waals surface area contributed by atoms with Crippen LogP contribution in [0.5, 0.6) is 0 Å². The van der Waals surface area contributed by atoms with Gasteiger partial charge >= 0.3 is 5.97 Å². The summed E-state index contributed by atoms with van der Waals surface area (Å²) in [7, 11) is 1.55. The number of carbonyl (C=O) groups is 2. The zero-order chi connectivity index (χ0) is 12.6. The number of aryl methyl sites for hydroxylation is 1. The van der Waals surface area contributed by atoms with Crippen molar-refractivity contribution in [2.75, 3.05) is 13.6 Å². The van der Waals surface area contributed by atoms with Gasteiger partial charge in [-0.25, -0.2) is 0 Å². The molecule has 92 valence electrons. The van der Waals surface area contributed by atoms with Gasteiger partial charge in [0, 0.05) is 23.8 Å². The number of carbonyl (C=O) groups excluding carboxylic acids is 1. The largest absolute Gasteiger partial charge is 0.480 e. The fourth-order valence-electron chi connectivity index (χ4n) is 2.09. The smallest absolute Gasteiger partial charge is 0.323 e. The number of amides is 1. The van der Waals surface area contributed by atoms with Crippen LogP contribution in [0, 0.1) is 12.8 Å². The molecule has 5 heteroatoms. The quantitative estimate of drug-likeness (QED) is 0.888. The molecule has 1 saturated carbocycles. The molecule has 0 bridgehead atoms. The Balaban J connectivity index is 1.97. The summed E-state index contributed by atoms with van der Waals surface area (Å²) in [6, 6.07) is 2.06. The molecule has 1 fully saturated rings. The summed E-state index contributed by atoms with van der Waals surface area (Å²) >= 11 is 1.68. The number of nitrogens with zero attached hydrogens (tertiary/aromatic N) is 1. The van der Waals surface area contributed by atoms with Crippen LogP contribution in [0.2, 0.25) is 0 Å². The lowest BCUT2D eigenvalue weighted by molar-refractivity contribution is -0.144. The molecule has 1 aliphatic carbocycles. The number of carboxylic acid groups (broad SMARTS) is 1. The van der Waals surface area contributed by atoms with Crippen LogP contribution in [0.3, 0.4) is 0 Å². The molecule has 1 aromatic heterocycles. The summed E-state index contributed by atoms with van der Waals surface area (Å²) in [5.74, 6) is -0.731. The number of hydrogen-bond acceptors (Lipinski definition) is 3. The van der Waals surface area contributed by atoms with Crippen LogP contribution in [0.15, 0.2) is 11.4 Å². The Morgan fingerprint density at radius 1 is 1.59 bits per heavy atom. The van der Waals surface area contributed by atoms with Gasteiger partial charge in [0.15, 0.2) is 0 Å². The molecular weight excluding hydrogens is 238 g/mol. The third-order valence-electron chi connectivity index (χ3n) is 3.09. The van der Waals surface area contributed by atoms with E-state index in [1.807, 2.05) is 12.3 Å². The van der Waals surface area contributed by atoms with Gasteiger partial charge in [-0.2, -0.15) is 0 Å². The van der Waals surface area contributed by atoms with E-state index in [1.165, 1.54) is 15.3 Å². The van der Waals surface area contributed by atoms with Crippen molar-refractivity contribution in [2.45, 2.75) is 19.3 Å². The van der Waals surface area contributed by atoms with Gasteiger partial charge in [0.25, 0.3) is 0 Å². The van der Waals surface area contributed by atoms with Crippen LogP contribution < -0.4 is 0 Å². The molecule has 2 rings (SSSR count). The second-order valence-corrected chi connectivity index (χ2v) is 5.45. The summed E-state index contributed by atoms with van der Waals surface area (Å²) < 4.78 is 0. The van der Waals surface area contributed by atoms with Crippen molar-refractivity contribution < 1.29 is 14.7 Å². The second kappa shape index (κ2) is 4.49. The Kier molecular flexibility index (Phi) is 3.19. The maximum Gasteiger partial charge on any atom is 0.323 e. The summed E-state index contributed by atoms with van der Waals surface area (Å²) in [6.07, 6.45) is 0.851. The van der Waals surface area contributed by atoms with Crippen LogP contribution in [-0.4, -0.2) is 35.5 Å². The van der Waals surface area contributed by atoms with Gasteiger partial charge in [0.1, 0.15) is 6.54 Å². The topological polar surface area (TPSA) is 57.6 Å². The zero-order valence-corrected chi connectivity index (χ0v) is 10.7. The minimum absolute atomic E-state index is 0.0169. The van der Waals surface area contributed by atoms with Crippen molar-refractivity contribution in [1.82, 2.24) is 4.90 Å². The number of thiophene rings is 1. The fourth-order valence-corrected chi connectivity index (χ4v) is 3.19. The first-order chi connectivity index (χ1) is 8.00. The number of rotatable bonds is 4. The van der Waals surface area contributed by atoms with Gasteiger partial charge in [0.2, 0.25) is 5.91 Å². The van der Waals surface area contributed by atoms with Crippen molar-refractivity contribution in [2.24, 2.45) is 5.92 Å². The Morgan fingerprint density at radius 2 is 2.29 bits per heavy atom. The normalized spacial score (nSPS) is 22.2. The standard InChI is InChI=1S/C12H15NO3S/c1-7-3-4-17-11(7)8-5-9(8)12(16)13(2)6-10(14)15/h3-4,8-9H,5-6H2,1-2H3,(H,14,15). The van der Waals surface area contributed by atoms with E-state index >= 15 is 0 Å². The number of carboxylic acids is 1. The van der Waals surface area contributed by atoms with E-state index in [9.17, 15) is 9.59 Å². The van der Waals surface area contributed by atoms with Crippen LogP contribution in [-0.2, 0) is 9.59 Å². The van der Waals surface area contributed by atoms with Crippen molar-refractivity contribution in [3.05, 3.63) is 21.9 Å². The number of aliphatic carboxylic acids is 1. The maximum atomic E-state index is 11.9. The minimum atomic E-state index is -0.967. The Labute approximate surface area is 104 Å². The molecule has 1 aromatic rings. The lowest BCUT2D eigenvalue weighted by atomic mass is 10.2. The lowest BCUT2D eigenvalue weighted by Gasteiger charge is -2.14. The van der Waals surface area contributed by atoms with Gasteiger partial charge in [-0.1, -0.05) is 0 Å². The average Bonchev–Trinajstić information content (AvgIpc) is 2.92. The Hall–Kier alpha value is -1.36. The molecule has 2 unspecified atom stereocenters. The maximum absolute atomic E-state index is 11.9. The highest BCUT2D eigenvalue weighted by molar-refractivity contribution is 7.10. The molecule has 0 saturated heterocycles. The van der Waals surface area contributed by atoms with Crippen LogP contribution in [0.4, 0.5) is 0 Å². The van der Waals surface area contributed by atoms with E-state index in [1.54, 1.807) is 18.4 Å². The molecule has 1 amide bonds. The van der Waals surface area contributed by atoms with E-state index in [-0.39, 0.29) is 18.4 Å². The van der Waals surface area contributed by atoms with E-state index in [4.69, 9.17) is 5.11 Å². The minimum Gasteiger partial charge on any atom is -0.480 e. The molecule has 1 aliphatic rings. The van der Waals surface area contributed by atoms with E-state index in [0.717, 1.165) is 6.42 Å². The molecule has 1 heterocycles. The first-order valence-corrected chi connectivity index (χ1v) is 6.39.